The molecule has 0 radical (unpaired) electrons. The van der Waals surface area contributed by atoms with Crippen LogP contribution in [0.1, 0.15) is 30.9 Å². The van der Waals surface area contributed by atoms with Crippen molar-refractivity contribution < 1.29 is 0 Å². The van der Waals surface area contributed by atoms with Crippen molar-refractivity contribution in [3.63, 3.8) is 0 Å². The topological polar surface area (TPSA) is 15.8 Å². The first-order chi connectivity index (χ1) is 10.8. The van der Waals surface area contributed by atoms with Gasteiger partial charge in [-0.15, -0.1) is 0 Å². The Morgan fingerprint density at radius 2 is 1.55 bits per heavy atom. The van der Waals surface area contributed by atoms with Crippen molar-refractivity contribution in [1.82, 2.24) is 4.98 Å². The molecule has 0 unspecified atom stereocenters. The molecule has 0 saturated heterocycles. The lowest BCUT2D eigenvalue weighted by Gasteiger charge is -2.12. The Balaban J connectivity index is 2.22. The van der Waals surface area contributed by atoms with Crippen LogP contribution in [0.5, 0.6) is 0 Å². The molecule has 0 atom stereocenters. The molecule has 0 fully saturated rings. The summed E-state index contributed by atoms with van der Waals surface area (Å²) in [5.41, 5.74) is 5.43. The van der Waals surface area contributed by atoms with E-state index in [0.29, 0.717) is 0 Å². The van der Waals surface area contributed by atoms with Crippen LogP contribution in [-0.2, 0) is 6.42 Å². The van der Waals surface area contributed by atoms with E-state index in [2.05, 4.69) is 67.4 Å². The van der Waals surface area contributed by atoms with Gasteiger partial charge in [-0.05, 0) is 47.7 Å². The molecular weight excluding hydrogens is 266 g/mol. The Hall–Kier alpha value is -2.28. The first-order valence-corrected chi connectivity index (χ1v) is 8.22. The summed E-state index contributed by atoms with van der Waals surface area (Å²) < 4.78 is 0. The molecule has 0 spiro atoms. The quantitative estimate of drug-likeness (QED) is 0.467. The number of aryl methyl sites for hydroxylation is 2. The molecule has 1 N–H and O–H groups in total. The molecule has 1 aromatic heterocycles. The molecule has 0 saturated carbocycles. The van der Waals surface area contributed by atoms with Gasteiger partial charge in [-0.3, -0.25) is 0 Å². The third-order valence-corrected chi connectivity index (χ3v) is 4.82. The van der Waals surface area contributed by atoms with E-state index >= 15 is 0 Å². The van der Waals surface area contributed by atoms with E-state index in [1.54, 1.807) is 0 Å². The minimum absolute atomic E-state index is 1.15. The van der Waals surface area contributed by atoms with E-state index in [9.17, 15) is 0 Å². The van der Waals surface area contributed by atoms with Crippen LogP contribution in [0.4, 0.5) is 0 Å². The minimum atomic E-state index is 1.15. The summed E-state index contributed by atoms with van der Waals surface area (Å²) in [4.78, 5) is 3.66. The summed E-state index contributed by atoms with van der Waals surface area (Å²) >= 11 is 0. The van der Waals surface area contributed by atoms with Gasteiger partial charge in [0.1, 0.15) is 0 Å². The molecule has 4 rings (SSSR count). The van der Waals surface area contributed by atoms with Gasteiger partial charge in [0.05, 0.1) is 5.52 Å². The number of benzene rings is 3. The van der Waals surface area contributed by atoms with Crippen LogP contribution < -0.4 is 0 Å². The summed E-state index contributed by atoms with van der Waals surface area (Å²) in [6.07, 6.45) is 3.61. The highest BCUT2D eigenvalue weighted by Gasteiger charge is 2.15. The van der Waals surface area contributed by atoms with Crippen LogP contribution >= 0.6 is 0 Å². The molecule has 0 aliphatic heterocycles. The smallest absolute Gasteiger partial charge is 0.0503 e. The van der Waals surface area contributed by atoms with Crippen LogP contribution in [-0.4, -0.2) is 4.98 Å². The average Bonchev–Trinajstić information content (AvgIpc) is 2.95. The number of aromatic amines is 1. The first kappa shape index (κ1) is 13.4. The Morgan fingerprint density at radius 1 is 0.864 bits per heavy atom. The van der Waals surface area contributed by atoms with Crippen molar-refractivity contribution in [2.24, 2.45) is 0 Å². The summed E-state index contributed by atoms with van der Waals surface area (Å²) in [5, 5.41) is 5.59. The number of para-hydroxylation sites is 1. The zero-order valence-electron chi connectivity index (χ0n) is 13.2. The Morgan fingerprint density at radius 3 is 2.32 bits per heavy atom. The van der Waals surface area contributed by atoms with E-state index in [1.165, 1.54) is 56.5 Å². The van der Waals surface area contributed by atoms with Crippen LogP contribution in [0.3, 0.4) is 0 Å². The molecule has 1 nitrogen and oxygen atoms in total. The molecule has 110 valence electrons. The molecule has 0 amide bonds. The largest absolute Gasteiger partial charge is 0.354 e. The first-order valence-electron chi connectivity index (χ1n) is 8.22. The van der Waals surface area contributed by atoms with Gasteiger partial charge in [0.25, 0.3) is 0 Å². The maximum Gasteiger partial charge on any atom is 0.0503 e. The second kappa shape index (κ2) is 5.17. The lowest BCUT2D eigenvalue weighted by molar-refractivity contribution is 0.802. The SMILES string of the molecule is CCCCc1c2ccccc2c(C)c2[nH]c3ccccc3c12. The molecule has 0 bridgehead atoms. The number of unbranched alkanes of at least 4 members (excludes halogenated alkanes) is 1. The number of hydrogen-bond acceptors (Lipinski definition) is 0. The Kier molecular flexibility index (Phi) is 3.15. The number of fused-ring (bicyclic) bond motifs is 4. The van der Waals surface area contributed by atoms with Crippen LogP contribution in [0, 0.1) is 6.92 Å². The van der Waals surface area contributed by atoms with Gasteiger partial charge in [-0.2, -0.15) is 0 Å². The van der Waals surface area contributed by atoms with E-state index in [1.807, 2.05) is 0 Å². The lowest BCUT2D eigenvalue weighted by atomic mass is 9.92. The highest BCUT2D eigenvalue weighted by Crippen LogP contribution is 2.37. The molecule has 3 aromatic carbocycles. The molecule has 0 aliphatic rings. The Labute approximate surface area is 131 Å². The zero-order chi connectivity index (χ0) is 15.1. The predicted molar refractivity (Wildman–Crippen MR) is 96.7 cm³/mol. The van der Waals surface area contributed by atoms with Gasteiger partial charge in [-0.1, -0.05) is 55.8 Å². The van der Waals surface area contributed by atoms with Crippen molar-refractivity contribution >= 4 is 32.6 Å². The second-order valence-corrected chi connectivity index (χ2v) is 6.17. The molecule has 4 aromatic rings. The molecule has 22 heavy (non-hydrogen) atoms. The van der Waals surface area contributed by atoms with Crippen LogP contribution in [0.15, 0.2) is 48.5 Å². The monoisotopic (exact) mass is 287 g/mol. The highest BCUT2D eigenvalue weighted by atomic mass is 14.7. The maximum atomic E-state index is 3.66. The molecule has 1 heterocycles. The van der Waals surface area contributed by atoms with Crippen molar-refractivity contribution in [1.29, 1.82) is 0 Å². The number of rotatable bonds is 3. The van der Waals surface area contributed by atoms with Crippen molar-refractivity contribution in [2.75, 3.05) is 0 Å². The van der Waals surface area contributed by atoms with E-state index in [4.69, 9.17) is 0 Å². The summed E-state index contributed by atoms with van der Waals surface area (Å²) in [5.74, 6) is 0. The Bertz CT molecular complexity index is 975. The van der Waals surface area contributed by atoms with E-state index in [-0.39, 0.29) is 0 Å². The highest BCUT2D eigenvalue weighted by molar-refractivity contribution is 6.16. The fraction of sp³-hybridized carbons (Fsp3) is 0.238. The van der Waals surface area contributed by atoms with E-state index < -0.39 is 0 Å². The standard InChI is InChI=1S/C21H21N/c1-3-4-9-17-16-11-6-5-10-15(16)14(2)21-20(17)18-12-7-8-13-19(18)22-21/h5-8,10-13,22H,3-4,9H2,1-2H3. The van der Waals surface area contributed by atoms with Crippen LogP contribution in [0.2, 0.25) is 0 Å². The summed E-state index contributed by atoms with van der Waals surface area (Å²) in [7, 11) is 0. The van der Waals surface area contributed by atoms with E-state index in [0.717, 1.165) is 6.42 Å². The van der Waals surface area contributed by atoms with Gasteiger partial charge in [0.2, 0.25) is 0 Å². The minimum Gasteiger partial charge on any atom is -0.354 e. The van der Waals surface area contributed by atoms with Crippen molar-refractivity contribution in [2.45, 2.75) is 33.1 Å². The fourth-order valence-electron chi connectivity index (χ4n) is 3.69. The molecular formula is C21H21N. The molecule has 1 heteroatoms. The lowest BCUT2D eigenvalue weighted by Crippen LogP contribution is -1.92. The number of H-pyrrole nitrogens is 1. The van der Waals surface area contributed by atoms with Gasteiger partial charge in [0, 0.05) is 16.3 Å². The normalized spacial score (nSPS) is 11.7. The third-order valence-electron chi connectivity index (χ3n) is 4.82. The fourth-order valence-corrected chi connectivity index (χ4v) is 3.69. The predicted octanol–water partition coefficient (Wildman–Crippen LogP) is 6.13. The zero-order valence-corrected chi connectivity index (χ0v) is 13.2. The van der Waals surface area contributed by atoms with Crippen LogP contribution in [0.25, 0.3) is 32.6 Å². The number of nitrogens with one attached hydrogen (secondary N) is 1. The van der Waals surface area contributed by atoms with Crippen molar-refractivity contribution in [3.05, 3.63) is 59.7 Å². The summed E-state index contributed by atoms with van der Waals surface area (Å²) in [6.45, 7) is 4.51. The summed E-state index contributed by atoms with van der Waals surface area (Å²) in [6, 6.07) is 17.5. The van der Waals surface area contributed by atoms with Gasteiger partial charge >= 0.3 is 0 Å². The average molecular weight is 287 g/mol. The maximum absolute atomic E-state index is 3.66. The van der Waals surface area contributed by atoms with Gasteiger partial charge in [-0.25, -0.2) is 0 Å². The number of aromatic nitrogens is 1. The molecule has 0 aliphatic carbocycles. The third kappa shape index (κ3) is 1.85. The number of hydrogen-bond donors (Lipinski definition) is 1. The van der Waals surface area contributed by atoms with Crippen molar-refractivity contribution in [3.8, 4) is 0 Å². The second-order valence-electron chi connectivity index (χ2n) is 6.17. The van der Waals surface area contributed by atoms with Gasteiger partial charge in [0.15, 0.2) is 0 Å². The van der Waals surface area contributed by atoms with Gasteiger partial charge < -0.3 is 4.98 Å².